The molecule has 2 aromatic rings. The number of hydrogen-bond acceptors (Lipinski definition) is 4. The average molecular weight is 540 g/mol. The Hall–Kier alpha value is -2.00. The highest BCUT2D eigenvalue weighted by molar-refractivity contribution is 14.0. The second-order valence-electron chi connectivity index (χ2n) is 7.43. The van der Waals surface area contributed by atoms with Crippen molar-refractivity contribution in [1.82, 2.24) is 15.5 Å². The van der Waals surface area contributed by atoms with E-state index in [-0.39, 0.29) is 24.0 Å². The van der Waals surface area contributed by atoms with Crippen LogP contribution in [0.4, 0.5) is 0 Å². The first kappa shape index (κ1) is 27.0. The molecule has 0 radical (unpaired) electrons. The molecule has 0 saturated heterocycles. The van der Waals surface area contributed by atoms with Gasteiger partial charge in [0, 0.05) is 26.7 Å². The van der Waals surface area contributed by atoms with Crippen LogP contribution in [0.5, 0.6) is 11.5 Å². The highest BCUT2D eigenvalue weighted by Crippen LogP contribution is 2.28. The fraction of sp³-hybridized carbons (Fsp3) is 0.458. The van der Waals surface area contributed by atoms with E-state index in [1.807, 2.05) is 13.0 Å². The number of rotatable bonds is 11. The van der Waals surface area contributed by atoms with Crippen molar-refractivity contribution in [2.75, 3.05) is 41.4 Å². The topological polar surface area (TPSA) is 58.1 Å². The van der Waals surface area contributed by atoms with Crippen molar-refractivity contribution in [2.45, 2.75) is 32.9 Å². The minimum Gasteiger partial charge on any atom is -0.493 e. The Labute approximate surface area is 204 Å². The van der Waals surface area contributed by atoms with Crippen LogP contribution in [-0.2, 0) is 19.5 Å². The zero-order chi connectivity index (χ0) is 21.8. The fourth-order valence-electron chi connectivity index (χ4n) is 3.18. The number of halogens is 1. The zero-order valence-electron chi connectivity index (χ0n) is 19.4. The summed E-state index contributed by atoms with van der Waals surface area (Å²) in [5.41, 5.74) is 3.79. The van der Waals surface area contributed by atoms with Crippen molar-refractivity contribution in [3.8, 4) is 11.5 Å². The molecule has 31 heavy (non-hydrogen) atoms. The van der Waals surface area contributed by atoms with Crippen LogP contribution in [0, 0.1) is 0 Å². The number of aliphatic imine (C=N–C) groups is 1. The van der Waals surface area contributed by atoms with Gasteiger partial charge < -0.3 is 25.0 Å². The van der Waals surface area contributed by atoms with Gasteiger partial charge in [-0.1, -0.05) is 30.3 Å². The molecule has 0 heterocycles. The van der Waals surface area contributed by atoms with Gasteiger partial charge in [0.1, 0.15) is 0 Å². The van der Waals surface area contributed by atoms with E-state index in [9.17, 15) is 0 Å². The van der Waals surface area contributed by atoms with Gasteiger partial charge in [-0.05, 0) is 62.7 Å². The van der Waals surface area contributed by atoms with Crippen molar-refractivity contribution in [3.63, 3.8) is 0 Å². The van der Waals surface area contributed by atoms with Crippen molar-refractivity contribution in [2.24, 2.45) is 4.99 Å². The van der Waals surface area contributed by atoms with Gasteiger partial charge in [-0.2, -0.15) is 0 Å². The molecule has 0 fully saturated rings. The summed E-state index contributed by atoms with van der Waals surface area (Å²) >= 11 is 0. The molecule has 0 aliphatic carbocycles. The SMILES string of the molecule is CCOc1cc(CCCNC(=NC)NCc2ccc(CN(C)C)cc2)ccc1OC.I. The first-order chi connectivity index (χ1) is 14.5. The molecule has 2 N–H and O–H groups in total. The van der Waals surface area contributed by atoms with Gasteiger partial charge in [0.05, 0.1) is 13.7 Å². The largest absolute Gasteiger partial charge is 0.493 e. The lowest BCUT2D eigenvalue weighted by Gasteiger charge is -2.14. The van der Waals surface area contributed by atoms with Crippen molar-refractivity contribution in [3.05, 3.63) is 59.2 Å². The second kappa shape index (κ2) is 14.9. The normalized spacial score (nSPS) is 11.1. The summed E-state index contributed by atoms with van der Waals surface area (Å²) in [4.78, 5) is 6.49. The lowest BCUT2D eigenvalue weighted by Crippen LogP contribution is -2.37. The van der Waals surface area contributed by atoms with Gasteiger partial charge in [-0.3, -0.25) is 4.99 Å². The van der Waals surface area contributed by atoms with E-state index in [4.69, 9.17) is 9.47 Å². The van der Waals surface area contributed by atoms with E-state index in [0.29, 0.717) is 6.61 Å². The minimum atomic E-state index is 0. The van der Waals surface area contributed by atoms with E-state index in [1.165, 1.54) is 16.7 Å². The molecule has 7 heteroatoms. The molecule has 0 aromatic heterocycles. The van der Waals surface area contributed by atoms with E-state index in [2.05, 4.69) is 71.0 Å². The highest BCUT2D eigenvalue weighted by atomic mass is 127. The van der Waals surface area contributed by atoms with E-state index >= 15 is 0 Å². The number of methoxy groups -OCH3 is 1. The minimum absolute atomic E-state index is 0. The lowest BCUT2D eigenvalue weighted by molar-refractivity contribution is 0.310. The predicted molar refractivity (Wildman–Crippen MR) is 140 cm³/mol. The van der Waals surface area contributed by atoms with Crippen LogP contribution in [0.15, 0.2) is 47.5 Å². The maximum Gasteiger partial charge on any atom is 0.191 e. The Balaban J connectivity index is 0.00000480. The third-order valence-electron chi connectivity index (χ3n) is 4.67. The first-order valence-corrected chi connectivity index (χ1v) is 10.5. The van der Waals surface area contributed by atoms with Gasteiger partial charge in [0.2, 0.25) is 0 Å². The summed E-state index contributed by atoms with van der Waals surface area (Å²) in [7, 11) is 7.63. The number of nitrogens with zero attached hydrogens (tertiary/aromatic N) is 2. The van der Waals surface area contributed by atoms with Gasteiger partial charge in [-0.15, -0.1) is 24.0 Å². The number of ether oxygens (including phenoxy) is 2. The molecule has 0 saturated carbocycles. The van der Waals surface area contributed by atoms with Crippen LogP contribution in [0.3, 0.4) is 0 Å². The fourth-order valence-corrected chi connectivity index (χ4v) is 3.18. The Morgan fingerprint density at radius 1 is 0.968 bits per heavy atom. The van der Waals surface area contributed by atoms with E-state index in [1.54, 1.807) is 14.2 Å². The van der Waals surface area contributed by atoms with Crippen LogP contribution in [-0.4, -0.2) is 52.3 Å². The molecule has 0 bridgehead atoms. The molecule has 0 atom stereocenters. The standard InChI is InChI=1S/C24H36N4O2.HI/c1-6-30-23-16-19(13-14-22(23)29-5)8-7-15-26-24(25-2)27-17-20-9-11-21(12-10-20)18-28(3)4;/h9-14,16H,6-8,15,17-18H2,1-5H3,(H2,25,26,27);1H. The third-order valence-corrected chi connectivity index (χ3v) is 4.67. The van der Waals surface area contributed by atoms with Crippen molar-refractivity contribution in [1.29, 1.82) is 0 Å². The van der Waals surface area contributed by atoms with Gasteiger partial charge in [0.15, 0.2) is 17.5 Å². The maximum absolute atomic E-state index is 5.66. The molecule has 172 valence electrons. The summed E-state index contributed by atoms with van der Waals surface area (Å²) < 4.78 is 11.0. The number of hydrogen-bond donors (Lipinski definition) is 2. The summed E-state index contributed by atoms with van der Waals surface area (Å²) in [6.07, 6.45) is 1.96. The molecule has 2 aromatic carbocycles. The van der Waals surface area contributed by atoms with Gasteiger partial charge >= 0.3 is 0 Å². The number of aryl methyl sites for hydroxylation is 1. The highest BCUT2D eigenvalue weighted by Gasteiger charge is 2.06. The number of benzene rings is 2. The van der Waals surface area contributed by atoms with Crippen LogP contribution in [0.1, 0.15) is 30.0 Å². The van der Waals surface area contributed by atoms with Crippen molar-refractivity contribution >= 4 is 29.9 Å². The molecule has 0 amide bonds. The maximum atomic E-state index is 5.66. The second-order valence-corrected chi connectivity index (χ2v) is 7.43. The Morgan fingerprint density at radius 3 is 2.26 bits per heavy atom. The van der Waals surface area contributed by atoms with Gasteiger partial charge in [-0.25, -0.2) is 0 Å². The van der Waals surface area contributed by atoms with Crippen molar-refractivity contribution < 1.29 is 9.47 Å². The summed E-state index contributed by atoms with van der Waals surface area (Å²) in [5.74, 6) is 2.40. The summed E-state index contributed by atoms with van der Waals surface area (Å²) in [6.45, 7) is 5.15. The van der Waals surface area contributed by atoms with Gasteiger partial charge in [0.25, 0.3) is 0 Å². The summed E-state index contributed by atoms with van der Waals surface area (Å²) in [5, 5.41) is 6.76. The Bertz CT molecular complexity index is 795. The molecule has 0 aliphatic rings. The molecule has 0 unspecified atom stereocenters. The molecule has 0 aliphatic heterocycles. The van der Waals surface area contributed by atoms with Crippen LogP contribution < -0.4 is 20.1 Å². The zero-order valence-corrected chi connectivity index (χ0v) is 21.7. The Morgan fingerprint density at radius 2 is 1.65 bits per heavy atom. The molecule has 2 rings (SSSR count). The molecule has 6 nitrogen and oxygen atoms in total. The number of nitrogens with one attached hydrogen (secondary N) is 2. The third kappa shape index (κ3) is 9.78. The first-order valence-electron chi connectivity index (χ1n) is 10.5. The number of guanidine groups is 1. The quantitative estimate of drug-likeness (QED) is 0.195. The molecular weight excluding hydrogens is 503 g/mol. The monoisotopic (exact) mass is 540 g/mol. The van der Waals surface area contributed by atoms with Crippen LogP contribution in [0.2, 0.25) is 0 Å². The van der Waals surface area contributed by atoms with Crippen LogP contribution >= 0.6 is 24.0 Å². The Kier molecular flexibility index (Phi) is 13.0. The van der Waals surface area contributed by atoms with Crippen LogP contribution in [0.25, 0.3) is 0 Å². The molecule has 0 spiro atoms. The predicted octanol–water partition coefficient (Wildman–Crippen LogP) is 4.07. The smallest absolute Gasteiger partial charge is 0.191 e. The van der Waals surface area contributed by atoms with E-state index < -0.39 is 0 Å². The molecular formula is C24H37IN4O2. The summed E-state index contributed by atoms with van der Waals surface area (Å²) in [6, 6.07) is 14.8. The van der Waals surface area contributed by atoms with E-state index in [0.717, 1.165) is 49.9 Å². The lowest BCUT2D eigenvalue weighted by atomic mass is 10.1. The average Bonchev–Trinajstić information content (AvgIpc) is 2.74.